The molecule has 1 heterocycles. The van der Waals surface area contributed by atoms with Crippen LogP contribution in [0.3, 0.4) is 0 Å². The molecule has 5 nitrogen and oxygen atoms in total. The fraction of sp³-hybridized carbons (Fsp3) is 0.550. The van der Waals surface area contributed by atoms with Gasteiger partial charge in [0.25, 0.3) is 0 Å². The van der Waals surface area contributed by atoms with Crippen LogP contribution in [0.25, 0.3) is 0 Å². The van der Waals surface area contributed by atoms with Gasteiger partial charge in [-0.3, -0.25) is 4.79 Å². The summed E-state index contributed by atoms with van der Waals surface area (Å²) >= 11 is 0. The Balaban J connectivity index is 2.08. The van der Waals surface area contributed by atoms with Crippen molar-refractivity contribution in [2.24, 2.45) is 11.8 Å². The Bertz CT molecular complexity index is 583. The zero-order valence-corrected chi connectivity index (χ0v) is 14.9. The summed E-state index contributed by atoms with van der Waals surface area (Å²) in [6.07, 6.45) is 5.67. The van der Waals surface area contributed by atoms with Crippen LogP contribution in [0, 0.1) is 11.8 Å². The van der Waals surface area contributed by atoms with Gasteiger partial charge < -0.3 is 19.7 Å². The number of rotatable bonds is 8. The number of ether oxygens (including phenoxy) is 2. The van der Waals surface area contributed by atoms with Crippen LogP contribution in [-0.4, -0.2) is 29.1 Å². The number of phenols is 1. The van der Waals surface area contributed by atoms with Crippen LogP contribution in [0.5, 0.6) is 5.75 Å². The smallest absolute Gasteiger partial charge is 0.303 e. The Kier molecular flexibility index (Phi) is 7.47. The highest BCUT2D eigenvalue weighted by Gasteiger charge is 2.35. The number of hydrogen-bond acceptors (Lipinski definition) is 4. The van der Waals surface area contributed by atoms with Gasteiger partial charge in [0.05, 0.1) is 12.7 Å². The van der Waals surface area contributed by atoms with E-state index >= 15 is 0 Å². The van der Waals surface area contributed by atoms with Gasteiger partial charge >= 0.3 is 5.97 Å². The third-order valence-electron chi connectivity index (χ3n) is 4.67. The standard InChI is InChI=1S/C20H28O5/c1-3-14(2)20-24-13-15(9-5-4-6-12-18(22)23)19(25-20)16-10-7-8-11-17(16)21/h4-5,7-8,10-11,14-15,19-21H,3,6,9,12-13H2,1-2H3,(H,22,23)/b5-4-. The second-order valence-corrected chi connectivity index (χ2v) is 6.60. The van der Waals surface area contributed by atoms with E-state index in [1.807, 2.05) is 24.3 Å². The van der Waals surface area contributed by atoms with Gasteiger partial charge in [-0.15, -0.1) is 0 Å². The lowest BCUT2D eigenvalue weighted by Gasteiger charge is -2.39. The first-order chi connectivity index (χ1) is 12.0. The van der Waals surface area contributed by atoms with Crippen molar-refractivity contribution in [1.82, 2.24) is 0 Å². The number of carboxylic acid groups (broad SMARTS) is 1. The lowest BCUT2D eigenvalue weighted by molar-refractivity contribution is -0.257. The second kappa shape index (κ2) is 9.59. The third-order valence-corrected chi connectivity index (χ3v) is 4.67. The summed E-state index contributed by atoms with van der Waals surface area (Å²) in [7, 11) is 0. The fourth-order valence-electron chi connectivity index (χ4n) is 2.93. The lowest BCUT2D eigenvalue weighted by Crippen LogP contribution is -2.38. The highest BCUT2D eigenvalue weighted by molar-refractivity contribution is 5.66. The minimum absolute atomic E-state index is 0.0784. The summed E-state index contributed by atoms with van der Waals surface area (Å²) < 4.78 is 12.1. The minimum atomic E-state index is -0.794. The van der Waals surface area contributed by atoms with Crippen molar-refractivity contribution in [3.63, 3.8) is 0 Å². The first-order valence-electron chi connectivity index (χ1n) is 8.94. The van der Waals surface area contributed by atoms with E-state index in [-0.39, 0.29) is 36.4 Å². The summed E-state index contributed by atoms with van der Waals surface area (Å²) in [6, 6.07) is 7.25. The number of hydrogen-bond donors (Lipinski definition) is 2. The van der Waals surface area contributed by atoms with Crippen LogP contribution in [0.4, 0.5) is 0 Å². The monoisotopic (exact) mass is 348 g/mol. The molecule has 1 aliphatic rings. The Labute approximate surface area is 149 Å². The zero-order chi connectivity index (χ0) is 18.2. The van der Waals surface area contributed by atoms with E-state index in [4.69, 9.17) is 14.6 Å². The number of carbonyl (C=O) groups is 1. The van der Waals surface area contributed by atoms with Crippen LogP contribution in [-0.2, 0) is 14.3 Å². The topological polar surface area (TPSA) is 76.0 Å². The van der Waals surface area contributed by atoms with Crippen LogP contribution < -0.4 is 0 Å². The number of benzene rings is 1. The average molecular weight is 348 g/mol. The van der Waals surface area contributed by atoms with Crippen molar-refractivity contribution in [2.75, 3.05) is 6.61 Å². The lowest BCUT2D eigenvalue weighted by atomic mass is 9.91. The molecule has 138 valence electrons. The van der Waals surface area contributed by atoms with Crippen molar-refractivity contribution in [2.45, 2.75) is 51.9 Å². The molecule has 1 fully saturated rings. The Morgan fingerprint density at radius 3 is 2.80 bits per heavy atom. The molecule has 1 saturated heterocycles. The Morgan fingerprint density at radius 1 is 1.36 bits per heavy atom. The molecule has 0 saturated carbocycles. The maximum absolute atomic E-state index is 10.6. The number of aliphatic carboxylic acids is 1. The molecular formula is C20H28O5. The van der Waals surface area contributed by atoms with E-state index in [1.54, 1.807) is 12.1 Å². The van der Waals surface area contributed by atoms with Gasteiger partial charge in [-0.25, -0.2) is 0 Å². The molecule has 1 aliphatic heterocycles. The van der Waals surface area contributed by atoms with Gasteiger partial charge in [0, 0.05) is 23.8 Å². The van der Waals surface area contributed by atoms with Gasteiger partial charge in [0.2, 0.25) is 0 Å². The molecule has 1 aromatic carbocycles. The molecular weight excluding hydrogens is 320 g/mol. The van der Waals surface area contributed by atoms with E-state index in [2.05, 4.69) is 13.8 Å². The number of carboxylic acids is 1. The summed E-state index contributed by atoms with van der Waals surface area (Å²) in [6.45, 7) is 4.75. The fourth-order valence-corrected chi connectivity index (χ4v) is 2.93. The van der Waals surface area contributed by atoms with Crippen LogP contribution in [0.2, 0.25) is 0 Å². The highest BCUT2D eigenvalue weighted by Crippen LogP contribution is 2.40. The summed E-state index contributed by atoms with van der Waals surface area (Å²) in [4.78, 5) is 10.6. The average Bonchev–Trinajstić information content (AvgIpc) is 2.61. The van der Waals surface area contributed by atoms with E-state index in [0.717, 1.165) is 12.0 Å². The predicted octanol–water partition coefficient (Wildman–Crippen LogP) is 4.28. The first-order valence-corrected chi connectivity index (χ1v) is 8.94. The first kappa shape index (κ1) is 19.5. The molecule has 0 amide bonds. The molecule has 0 bridgehead atoms. The van der Waals surface area contributed by atoms with Crippen molar-refractivity contribution in [1.29, 1.82) is 0 Å². The maximum atomic E-state index is 10.6. The highest BCUT2D eigenvalue weighted by atomic mass is 16.7. The van der Waals surface area contributed by atoms with Crippen LogP contribution >= 0.6 is 0 Å². The summed E-state index contributed by atoms with van der Waals surface area (Å²) in [5, 5.41) is 18.9. The zero-order valence-electron chi connectivity index (χ0n) is 14.9. The number of aromatic hydroxyl groups is 1. The Hall–Kier alpha value is -1.85. The summed E-state index contributed by atoms with van der Waals surface area (Å²) in [5.74, 6) is -0.204. The molecule has 0 aromatic heterocycles. The van der Waals surface area contributed by atoms with E-state index in [1.165, 1.54) is 0 Å². The SMILES string of the molecule is CCC(C)C1OCC(C/C=C\CCC(=O)O)C(c2ccccc2O)O1. The molecule has 0 radical (unpaired) electrons. The summed E-state index contributed by atoms with van der Waals surface area (Å²) in [5.41, 5.74) is 0.781. The van der Waals surface area contributed by atoms with Gasteiger partial charge in [-0.05, 0) is 25.3 Å². The molecule has 2 N–H and O–H groups in total. The molecule has 4 unspecified atom stereocenters. The van der Waals surface area contributed by atoms with E-state index in [9.17, 15) is 9.90 Å². The number of allylic oxidation sites excluding steroid dienone is 2. The molecule has 0 spiro atoms. The molecule has 1 aromatic rings. The van der Waals surface area contributed by atoms with Crippen molar-refractivity contribution >= 4 is 5.97 Å². The second-order valence-electron chi connectivity index (χ2n) is 6.60. The molecule has 2 rings (SSSR count). The molecule has 25 heavy (non-hydrogen) atoms. The van der Waals surface area contributed by atoms with Crippen LogP contribution in [0.1, 0.15) is 51.2 Å². The number of phenolic OH excluding ortho intramolecular Hbond substituents is 1. The van der Waals surface area contributed by atoms with Gasteiger partial charge in [0.1, 0.15) is 5.75 Å². The van der Waals surface area contributed by atoms with Gasteiger partial charge in [-0.1, -0.05) is 44.2 Å². The quantitative estimate of drug-likeness (QED) is 0.686. The van der Waals surface area contributed by atoms with Crippen molar-refractivity contribution in [3.8, 4) is 5.75 Å². The molecule has 5 heteroatoms. The van der Waals surface area contributed by atoms with Crippen molar-refractivity contribution < 1.29 is 24.5 Å². The van der Waals surface area contributed by atoms with Crippen LogP contribution in [0.15, 0.2) is 36.4 Å². The normalized spacial score (nSPS) is 25.1. The predicted molar refractivity (Wildman–Crippen MR) is 95.2 cm³/mol. The minimum Gasteiger partial charge on any atom is -0.508 e. The largest absolute Gasteiger partial charge is 0.508 e. The maximum Gasteiger partial charge on any atom is 0.303 e. The Morgan fingerprint density at radius 2 is 2.12 bits per heavy atom. The molecule has 4 atom stereocenters. The van der Waals surface area contributed by atoms with Gasteiger partial charge in [-0.2, -0.15) is 0 Å². The van der Waals surface area contributed by atoms with Crippen molar-refractivity contribution in [3.05, 3.63) is 42.0 Å². The number of para-hydroxylation sites is 1. The van der Waals surface area contributed by atoms with E-state index < -0.39 is 5.97 Å². The van der Waals surface area contributed by atoms with Gasteiger partial charge in [0.15, 0.2) is 6.29 Å². The van der Waals surface area contributed by atoms with E-state index in [0.29, 0.717) is 19.4 Å². The molecule has 0 aliphatic carbocycles. The third kappa shape index (κ3) is 5.58.